The molecule has 10 rings (SSSR count). The number of thiophene rings is 1. The van der Waals surface area contributed by atoms with Crippen molar-refractivity contribution in [2.75, 3.05) is 44.7 Å². The molecule has 7 aromatic rings. The maximum Gasteiger partial charge on any atom is 0.196 e. The molecule has 4 atom stereocenters. The Hall–Kier alpha value is -6.04. The summed E-state index contributed by atoms with van der Waals surface area (Å²) in [6.07, 6.45) is 8.21. The number of anilines is 1. The number of likely N-dealkylation sites (N-methyl/N-ethyl adjacent to an activating group) is 1. The molecule has 0 spiro atoms. The average Bonchev–Trinajstić information content (AvgIpc) is 4.02. The zero-order valence-corrected chi connectivity index (χ0v) is 37.4. The Morgan fingerprint density at radius 3 is 2.54 bits per heavy atom. The Morgan fingerprint density at radius 1 is 0.921 bits per heavy atom. The molecule has 0 bridgehead atoms. The van der Waals surface area contributed by atoms with E-state index >= 15 is 0 Å². The van der Waals surface area contributed by atoms with Crippen LogP contribution in [0.25, 0.3) is 5.00 Å². The monoisotopic (exact) mass is 857 g/mol. The summed E-state index contributed by atoms with van der Waals surface area (Å²) in [6, 6.07) is 34.2. The minimum atomic E-state index is -0.291. The molecule has 0 amide bonds. The van der Waals surface area contributed by atoms with E-state index in [9.17, 15) is 5.11 Å². The van der Waals surface area contributed by atoms with Crippen LogP contribution in [0.1, 0.15) is 98.5 Å². The Balaban J connectivity index is 0.777. The topological polar surface area (TPSA) is 105 Å². The lowest BCUT2D eigenvalue weighted by molar-refractivity contribution is 0.206. The predicted octanol–water partition coefficient (Wildman–Crippen LogP) is 10.2. The van der Waals surface area contributed by atoms with Crippen molar-refractivity contribution in [3.8, 4) is 16.5 Å². The molecule has 4 aromatic carbocycles. The zero-order valence-electron chi connectivity index (χ0n) is 36.6. The highest BCUT2D eigenvalue weighted by Gasteiger charge is 2.34. The predicted molar refractivity (Wildman–Crippen MR) is 250 cm³/mol. The number of oxazole rings is 1. The number of ether oxygens (including phenoxy) is 1. The van der Waals surface area contributed by atoms with E-state index in [0.717, 1.165) is 78.3 Å². The van der Waals surface area contributed by atoms with Gasteiger partial charge in [0.05, 0.1) is 18.3 Å². The van der Waals surface area contributed by atoms with Crippen LogP contribution >= 0.6 is 11.3 Å². The van der Waals surface area contributed by atoms with Crippen molar-refractivity contribution in [1.82, 2.24) is 24.6 Å². The number of aromatic hydroxyl groups is 1. The first kappa shape index (κ1) is 41.0. The summed E-state index contributed by atoms with van der Waals surface area (Å²) in [6.45, 7) is 11.0. The Kier molecular flexibility index (Phi) is 11.5. The fourth-order valence-corrected chi connectivity index (χ4v) is 11.4. The lowest BCUT2D eigenvalue weighted by Crippen LogP contribution is -2.41. The van der Waals surface area contributed by atoms with Gasteiger partial charge in [0.1, 0.15) is 41.2 Å². The third-order valence-electron chi connectivity index (χ3n) is 13.5. The van der Waals surface area contributed by atoms with Gasteiger partial charge in [-0.15, -0.1) is 21.5 Å². The number of hydrogen-bond acceptors (Lipinski definition) is 10. The molecule has 63 heavy (non-hydrogen) atoms. The van der Waals surface area contributed by atoms with Crippen LogP contribution in [0.4, 0.5) is 5.69 Å². The lowest BCUT2D eigenvalue weighted by Gasteiger charge is -2.36. The van der Waals surface area contributed by atoms with Crippen LogP contribution in [0.3, 0.4) is 0 Å². The molecule has 2 aliphatic heterocycles. The molecular formula is C52H55N7O3S. The molecule has 1 aliphatic carbocycles. The smallest absolute Gasteiger partial charge is 0.196 e. The van der Waals surface area contributed by atoms with Crippen LogP contribution in [-0.4, -0.2) is 75.3 Å². The Bertz CT molecular complexity index is 2710. The molecule has 11 heteroatoms. The fourth-order valence-electron chi connectivity index (χ4n) is 10.2. The molecule has 5 heterocycles. The van der Waals surface area contributed by atoms with Crippen LogP contribution in [-0.2, 0) is 12.8 Å². The first-order valence-corrected chi connectivity index (χ1v) is 23.2. The fraction of sp³-hybridized carbons (Fsp3) is 0.346. The van der Waals surface area contributed by atoms with Crippen molar-refractivity contribution >= 4 is 22.7 Å². The minimum Gasteiger partial charge on any atom is -0.508 e. The molecule has 1 N–H and O–H groups in total. The van der Waals surface area contributed by atoms with Crippen molar-refractivity contribution in [2.24, 2.45) is 10.9 Å². The van der Waals surface area contributed by atoms with Gasteiger partial charge in [-0.3, -0.25) is 9.56 Å². The number of piperidine rings is 1. The molecule has 1 fully saturated rings. The first-order chi connectivity index (χ1) is 30.8. The van der Waals surface area contributed by atoms with Gasteiger partial charge < -0.3 is 24.1 Å². The maximum atomic E-state index is 10.2. The molecule has 3 aliphatic rings. The summed E-state index contributed by atoms with van der Waals surface area (Å²) in [5.74, 6) is 4.71. The largest absolute Gasteiger partial charge is 0.508 e. The molecule has 2 unspecified atom stereocenters. The van der Waals surface area contributed by atoms with Crippen LogP contribution in [0.15, 0.2) is 119 Å². The molecule has 0 radical (unpaired) electrons. The highest BCUT2D eigenvalue weighted by Crippen LogP contribution is 2.47. The van der Waals surface area contributed by atoms with E-state index in [1.807, 2.05) is 19.1 Å². The van der Waals surface area contributed by atoms with Crippen molar-refractivity contribution in [2.45, 2.75) is 70.8 Å². The highest BCUT2D eigenvalue weighted by atomic mass is 32.1. The summed E-state index contributed by atoms with van der Waals surface area (Å²) in [7, 11) is 2.22. The lowest BCUT2D eigenvalue weighted by atomic mass is 9.69. The van der Waals surface area contributed by atoms with Crippen LogP contribution in [0.5, 0.6) is 11.5 Å². The van der Waals surface area contributed by atoms with E-state index < -0.39 is 0 Å². The second-order valence-electron chi connectivity index (χ2n) is 17.6. The number of fused-ring (bicyclic) bond motifs is 4. The minimum absolute atomic E-state index is 0.224. The number of aromatic nitrogens is 4. The molecule has 322 valence electrons. The van der Waals surface area contributed by atoms with E-state index in [2.05, 4.69) is 135 Å². The normalized spacial score (nSPS) is 19.6. The Morgan fingerprint density at radius 2 is 1.75 bits per heavy atom. The van der Waals surface area contributed by atoms with E-state index in [1.54, 1.807) is 23.8 Å². The molecule has 0 saturated carbocycles. The van der Waals surface area contributed by atoms with E-state index in [4.69, 9.17) is 14.1 Å². The summed E-state index contributed by atoms with van der Waals surface area (Å²) in [4.78, 5) is 16.1. The summed E-state index contributed by atoms with van der Waals surface area (Å²) < 4.78 is 14.2. The summed E-state index contributed by atoms with van der Waals surface area (Å²) in [5, 5.41) is 20.5. The van der Waals surface area contributed by atoms with Gasteiger partial charge in [0.2, 0.25) is 0 Å². The van der Waals surface area contributed by atoms with Gasteiger partial charge in [-0.2, -0.15) is 0 Å². The second kappa shape index (κ2) is 17.6. The standard InChI is InChI=1S/C52H55N7O3S/c1-33-34(2)63-52-48(33)50(54-46(30-47-53-24-27-62-47)51-56-55-35(3)59(51)52)39-12-17-41(18-13-39)58-25-8-9-36(32-58)31-57(4)26-28-61-43-20-14-38(15-21-43)49-44(37-10-6-5-7-11-37)22-16-40-29-42(60)19-23-45(40)49/h5-7,10-15,17-21,23-24,27,29,36,44,46,49,60H,8-9,16,22,25-26,28,30-32H2,1-4H3/t36?,44-,46?,49+/m1/s1. The summed E-state index contributed by atoms with van der Waals surface area (Å²) in [5.41, 5.74) is 10.9. The molecule has 3 aromatic heterocycles. The average molecular weight is 858 g/mol. The Labute approximate surface area is 373 Å². The third-order valence-corrected chi connectivity index (χ3v) is 14.7. The molecule has 1 saturated heterocycles. The van der Waals surface area contributed by atoms with Crippen molar-refractivity contribution in [3.63, 3.8) is 0 Å². The molecule has 10 nitrogen and oxygen atoms in total. The van der Waals surface area contributed by atoms with E-state index in [-0.39, 0.29) is 12.0 Å². The van der Waals surface area contributed by atoms with Crippen LogP contribution in [0, 0.1) is 26.7 Å². The van der Waals surface area contributed by atoms with Crippen LogP contribution in [0.2, 0.25) is 0 Å². The highest BCUT2D eigenvalue weighted by molar-refractivity contribution is 7.15. The number of hydrogen-bond donors (Lipinski definition) is 1. The molecular weight excluding hydrogens is 803 g/mol. The maximum absolute atomic E-state index is 10.2. The SMILES string of the molecule is Cc1sc2c(c1C)C(c1ccc(N3CCCC(CN(C)CCOc4ccc([C@@H]5c6ccc(O)cc6CC[C@@H]5c5ccccc5)cc4)C3)cc1)=NC(Cc1ncco1)c1nnc(C)n1-2. The van der Waals surface area contributed by atoms with Gasteiger partial charge in [0, 0.05) is 53.8 Å². The first-order valence-electron chi connectivity index (χ1n) is 22.4. The van der Waals surface area contributed by atoms with Crippen molar-refractivity contribution in [1.29, 1.82) is 0 Å². The number of aliphatic imine (C=N–C) groups is 1. The van der Waals surface area contributed by atoms with Gasteiger partial charge >= 0.3 is 0 Å². The van der Waals surface area contributed by atoms with Gasteiger partial charge in [0.15, 0.2) is 11.7 Å². The number of phenols is 1. The van der Waals surface area contributed by atoms with Gasteiger partial charge in [-0.1, -0.05) is 60.7 Å². The van der Waals surface area contributed by atoms with E-state index in [0.29, 0.717) is 36.5 Å². The van der Waals surface area contributed by atoms with Gasteiger partial charge in [0.25, 0.3) is 0 Å². The number of nitrogens with zero attached hydrogens (tertiary/aromatic N) is 7. The summed E-state index contributed by atoms with van der Waals surface area (Å²) >= 11 is 1.77. The quantitative estimate of drug-likeness (QED) is 0.130. The van der Waals surface area contributed by atoms with Crippen LogP contribution < -0.4 is 9.64 Å². The van der Waals surface area contributed by atoms with E-state index in [1.165, 1.54) is 51.2 Å². The van der Waals surface area contributed by atoms with Crippen molar-refractivity contribution < 1.29 is 14.3 Å². The number of aryl methyl sites for hydroxylation is 3. The third kappa shape index (κ3) is 8.32. The number of benzene rings is 4. The van der Waals surface area contributed by atoms with Gasteiger partial charge in [-0.25, -0.2) is 4.98 Å². The van der Waals surface area contributed by atoms with Gasteiger partial charge in [-0.05, 0) is 130 Å². The van der Waals surface area contributed by atoms with Crippen molar-refractivity contribution in [3.05, 3.63) is 171 Å². The number of rotatable bonds is 12. The second-order valence-corrected chi connectivity index (χ2v) is 18.8. The zero-order chi connectivity index (χ0) is 43.0. The number of phenolic OH excluding ortho intramolecular Hbond substituents is 1.